The quantitative estimate of drug-likeness (QED) is 0.883. The standard InChI is InChI=1S/C12H16FNO3S/c1-9-4-5-11(7-12(9)13)18(16,17)14-6-2-3-10(15)8-14/h4-5,7,10,15H,2-3,6,8H2,1H3/t10-/m0/s1. The van der Waals surface area contributed by atoms with Crippen molar-refractivity contribution in [2.24, 2.45) is 0 Å². The molecule has 0 radical (unpaired) electrons. The van der Waals surface area contributed by atoms with E-state index in [4.69, 9.17) is 0 Å². The number of aryl methyl sites for hydroxylation is 1. The van der Waals surface area contributed by atoms with E-state index in [1.807, 2.05) is 0 Å². The summed E-state index contributed by atoms with van der Waals surface area (Å²) >= 11 is 0. The van der Waals surface area contributed by atoms with Gasteiger partial charge in [-0.25, -0.2) is 12.8 Å². The summed E-state index contributed by atoms with van der Waals surface area (Å²) in [5.41, 5.74) is 0.410. The normalized spacial score (nSPS) is 22.1. The van der Waals surface area contributed by atoms with Gasteiger partial charge in [-0.15, -0.1) is 0 Å². The van der Waals surface area contributed by atoms with Gasteiger partial charge in [-0.05, 0) is 37.5 Å². The predicted molar refractivity (Wildman–Crippen MR) is 65.1 cm³/mol. The molecule has 1 aliphatic rings. The third kappa shape index (κ3) is 2.55. The van der Waals surface area contributed by atoms with Crippen molar-refractivity contribution in [3.05, 3.63) is 29.6 Å². The van der Waals surface area contributed by atoms with Gasteiger partial charge >= 0.3 is 0 Å². The number of β-amino-alcohol motifs (C(OH)–C–C–N with tert-alkyl or cyclic N) is 1. The minimum absolute atomic E-state index is 0.0558. The molecule has 0 amide bonds. The van der Waals surface area contributed by atoms with E-state index in [1.54, 1.807) is 6.92 Å². The minimum Gasteiger partial charge on any atom is -0.392 e. The van der Waals surface area contributed by atoms with Crippen LogP contribution in [0.1, 0.15) is 18.4 Å². The molecule has 18 heavy (non-hydrogen) atoms. The van der Waals surface area contributed by atoms with Gasteiger partial charge in [-0.3, -0.25) is 0 Å². The molecule has 0 bridgehead atoms. The molecule has 2 rings (SSSR count). The van der Waals surface area contributed by atoms with Crippen LogP contribution < -0.4 is 0 Å². The van der Waals surface area contributed by atoms with Crippen LogP contribution in [0.2, 0.25) is 0 Å². The summed E-state index contributed by atoms with van der Waals surface area (Å²) in [5.74, 6) is -0.534. The van der Waals surface area contributed by atoms with Crippen LogP contribution in [0.5, 0.6) is 0 Å². The number of piperidine rings is 1. The highest BCUT2D eigenvalue weighted by Gasteiger charge is 2.29. The third-order valence-corrected chi connectivity index (χ3v) is 5.00. The first-order chi connectivity index (χ1) is 8.41. The van der Waals surface area contributed by atoms with Gasteiger partial charge < -0.3 is 5.11 Å². The average molecular weight is 273 g/mol. The maximum Gasteiger partial charge on any atom is 0.243 e. The molecule has 1 aliphatic heterocycles. The fourth-order valence-electron chi connectivity index (χ4n) is 2.02. The van der Waals surface area contributed by atoms with Gasteiger partial charge in [0.1, 0.15) is 5.82 Å². The van der Waals surface area contributed by atoms with Crippen molar-refractivity contribution in [2.45, 2.75) is 30.8 Å². The SMILES string of the molecule is Cc1ccc(S(=O)(=O)N2CCC[C@H](O)C2)cc1F. The second-order valence-corrected chi connectivity index (χ2v) is 6.51. The predicted octanol–water partition coefficient (Wildman–Crippen LogP) is 1.28. The van der Waals surface area contributed by atoms with Crippen LogP contribution in [0, 0.1) is 12.7 Å². The monoisotopic (exact) mass is 273 g/mol. The molecule has 6 heteroatoms. The summed E-state index contributed by atoms with van der Waals surface area (Å²) in [6.07, 6.45) is 0.590. The van der Waals surface area contributed by atoms with Gasteiger partial charge in [0.15, 0.2) is 0 Å². The average Bonchev–Trinajstić information content (AvgIpc) is 2.32. The molecule has 0 aliphatic carbocycles. The van der Waals surface area contributed by atoms with Crippen molar-refractivity contribution in [2.75, 3.05) is 13.1 Å². The van der Waals surface area contributed by atoms with Gasteiger partial charge in [0.2, 0.25) is 10.0 Å². The van der Waals surface area contributed by atoms with Gasteiger partial charge in [0.05, 0.1) is 11.0 Å². The Kier molecular flexibility index (Phi) is 3.70. The summed E-state index contributed by atoms with van der Waals surface area (Å²) in [4.78, 5) is -0.0558. The fourth-order valence-corrected chi connectivity index (χ4v) is 3.55. The summed E-state index contributed by atoms with van der Waals surface area (Å²) in [6.45, 7) is 2.03. The Hall–Kier alpha value is -0.980. The summed E-state index contributed by atoms with van der Waals surface area (Å²) in [5, 5.41) is 9.51. The first kappa shape index (κ1) is 13.5. The van der Waals surface area contributed by atoms with E-state index in [-0.39, 0.29) is 11.4 Å². The van der Waals surface area contributed by atoms with E-state index in [2.05, 4.69) is 0 Å². The van der Waals surface area contributed by atoms with Crippen LogP contribution >= 0.6 is 0 Å². The number of rotatable bonds is 2. The number of aliphatic hydroxyl groups excluding tert-OH is 1. The number of hydrogen-bond acceptors (Lipinski definition) is 3. The van der Waals surface area contributed by atoms with E-state index in [9.17, 15) is 17.9 Å². The van der Waals surface area contributed by atoms with Gasteiger partial charge in [0.25, 0.3) is 0 Å². The highest BCUT2D eigenvalue weighted by molar-refractivity contribution is 7.89. The Morgan fingerprint density at radius 3 is 2.78 bits per heavy atom. The zero-order valence-corrected chi connectivity index (χ0v) is 11.0. The number of hydrogen-bond donors (Lipinski definition) is 1. The molecule has 1 fully saturated rings. The van der Waals surface area contributed by atoms with Crippen molar-refractivity contribution >= 4 is 10.0 Å². The van der Waals surface area contributed by atoms with Gasteiger partial charge in [-0.2, -0.15) is 4.31 Å². The highest BCUT2D eigenvalue weighted by atomic mass is 32.2. The Bertz CT molecular complexity index is 544. The fraction of sp³-hybridized carbons (Fsp3) is 0.500. The first-order valence-electron chi connectivity index (χ1n) is 5.85. The topological polar surface area (TPSA) is 57.6 Å². The highest BCUT2D eigenvalue weighted by Crippen LogP contribution is 2.22. The molecule has 100 valence electrons. The maximum absolute atomic E-state index is 13.4. The molecule has 1 heterocycles. The second kappa shape index (κ2) is 4.95. The Morgan fingerprint density at radius 2 is 2.17 bits per heavy atom. The smallest absolute Gasteiger partial charge is 0.243 e. The summed E-state index contributed by atoms with van der Waals surface area (Å²) < 4.78 is 39.1. The molecular formula is C12H16FNO3S. The van der Waals surface area contributed by atoms with Crippen molar-refractivity contribution in [3.63, 3.8) is 0 Å². The number of halogens is 1. The molecule has 1 atom stereocenters. The van der Waals surface area contributed by atoms with E-state index in [0.29, 0.717) is 24.9 Å². The second-order valence-electron chi connectivity index (χ2n) is 4.57. The zero-order valence-electron chi connectivity index (χ0n) is 10.1. The van der Waals surface area contributed by atoms with E-state index < -0.39 is 21.9 Å². The molecule has 0 aromatic heterocycles. The van der Waals surface area contributed by atoms with Crippen LogP contribution in [-0.2, 0) is 10.0 Å². The van der Waals surface area contributed by atoms with Crippen molar-refractivity contribution in [3.8, 4) is 0 Å². The molecule has 1 N–H and O–H groups in total. The van der Waals surface area contributed by atoms with E-state index in [1.165, 1.54) is 16.4 Å². The molecule has 0 unspecified atom stereocenters. The number of nitrogens with zero attached hydrogens (tertiary/aromatic N) is 1. The molecule has 1 saturated heterocycles. The number of benzene rings is 1. The molecular weight excluding hydrogens is 257 g/mol. The van der Waals surface area contributed by atoms with Crippen LogP contribution in [0.3, 0.4) is 0 Å². The molecule has 4 nitrogen and oxygen atoms in total. The lowest BCUT2D eigenvalue weighted by molar-refractivity contribution is 0.108. The molecule has 0 spiro atoms. The lowest BCUT2D eigenvalue weighted by Gasteiger charge is -2.29. The Morgan fingerprint density at radius 1 is 1.44 bits per heavy atom. The summed E-state index contributed by atoms with van der Waals surface area (Å²) in [6, 6.07) is 3.88. The van der Waals surface area contributed by atoms with Crippen molar-refractivity contribution in [1.82, 2.24) is 4.31 Å². The lowest BCUT2D eigenvalue weighted by Crippen LogP contribution is -2.42. The molecule has 1 aromatic carbocycles. The Labute approximate surface area is 106 Å². The maximum atomic E-state index is 13.4. The lowest BCUT2D eigenvalue weighted by atomic mass is 10.1. The van der Waals surface area contributed by atoms with Crippen LogP contribution in [0.4, 0.5) is 4.39 Å². The van der Waals surface area contributed by atoms with Gasteiger partial charge in [-0.1, -0.05) is 6.07 Å². The molecule has 0 saturated carbocycles. The number of sulfonamides is 1. The van der Waals surface area contributed by atoms with E-state index in [0.717, 1.165) is 6.07 Å². The van der Waals surface area contributed by atoms with Crippen molar-refractivity contribution < 1.29 is 17.9 Å². The third-order valence-electron chi connectivity index (χ3n) is 3.14. The van der Waals surface area contributed by atoms with Crippen LogP contribution in [-0.4, -0.2) is 37.0 Å². The Balaban J connectivity index is 2.32. The van der Waals surface area contributed by atoms with Crippen molar-refractivity contribution in [1.29, 1.82) is 0 Å². The molecule has 1 aromatic rings. The minimum atomic E-state index is -3.70. The summed E-state index contributed by atoms with van der Waals surface area (Å²) in [7, 11) is -3.70. The zero-order chi connectivity index (χ0) is 13.3. The van der Waals surface area contributed by atoms with Crippen LogP contribution in [0.25, 0.3) is 0 Å². The number of aliphatic hydroxyl groups is 1. The largest absolute Gasteiger partial charge is 0.392 e. The first-order valence-corrected chi connectivity index (χ1v) is 7.29. The van der Waals surface area contributed by atoms with Gasteiger partial charge in [0, 0.05) is 13.1 Å². The van der Waals surface area contributed by atoms with E-state index >= 15 is 0 Å². The van der Waals surface area contributed by atoms with Crippen LogP contribution in [0.15, 0.2) is 23.1 Å².